The SMILES string of the molecule is CC1(OCc2ncccn2)CNC1. The molecule has 0 aromatic carbocycles. The number of aromatic nitrogens is 2. The van der Waals surface area contributed by atoms with E-state index >= 15 is 0 Å². The maximum Gasteiger partial charge on any atom is 0.153 e. The maximum absolute atomic E-state index is 5.66. The Kier molecular flexibility index (Phi) is 2.24. The van der Waals surface area contributed by atoms with E-state index in [9.17, 15) is 0 Å². The molecule has 0 unspecified atom stereocenters. The molecule has 0 radical (unpaired) electrons. The summed E-state index contributed by atoms with van der Waals surface area (Å²) in [5.74, 6) is 0.746. The van der Waals surface area contributed by atoms with Crippen molar-refractivity contribution in [2.75, 3.05) is 13.1 Å². The lowest BCUT2D eigenvalue weighted by molar-refractivity contribution is -0.0790. The van der Waals surface area contributed by atoms with Crippen molar-refractivity contribution in [1.82, 2.24) is 15.3 Å². The fourth-order valence-corrected chi connectivity index (χ4v) is 1.22. The summed E-state index contributed by atoms with van der Waals surface area (Å²) < 4.78 is 5.66. The van der Waals surface area contributed by atoms with E-state index in [1.165, 1.54) is 0 Å². The van der Waals surface area contributed by atoms with E-state index in [-0.39, 0.29) is 5.60 Å². The molecule has 1 saturated heterocycles. The molecule has 0 atom stereocenters. The Bertz CT molecular complexity index is 271. The molecule has 0 bridgehead atoms. The molecule has 0 aliphatic carbocycles. The van der Waals surface area contributed by atoms with Crippen molar-refractivity contribution in [3.8, 4) is 0 Å². The summed E-state index contributed by atoms with van der Waals surface area (Å²) in [6, 6.07) is 1.80. The average molecular weight is 179 g/mol. The maximum atomic E-state index is 5.66. The highest BCUT2D eigenvalue weighted by atomic mass is 16.5. The molecule has 4 heteroatoms. The highest BCUT2D eigenvalue weighted by molar-refractivity contribution is 4.92. The standard InChI is InChI=1S/C9H13N3O/c1-9(6-10-7-9)13-5-8-11-3-2-4-12-8/h2-4,10H,5-7H2,1H3. The summed E-state index contributed by atoms with van der Waals surface area (Å²) in [4.78, 5) is 8.17. The molecule has 2 rings (SSSR count). The van der Waals surface area contributed by atoms with Crippen molar-refractivity contribution in [3.63, 3.8) is 0 Å². The molecule has 4 nitrogen and oxygen atoms in total. The Labute approximate surface area is 77.4 Å². The molecule has 0 amide bonds. The first-order chi connectivity index (χ1) is 6.29. The van der Waals surface area contributed by atoms with E-state index in [1.807, 2.05) is 0 Å². The topological polar surface area (TPSA) is 47.0 Å². The zero-order valence-corrected chi connectivity index (χ0v) is 7.66. The monoisotopic (exact) mass is 179 g/mol. The van der Waals surface area contributed by atoms with Crippen molar-refractivity contribution >= 4 is 0 Å². The van der Waals surface area contributed by atoms with Crippen LogP contribution in [0.1, 0.15) is 12.7 Å². The van der Waals surface area contributed by atoms with Crippen LogP contribution < -0.4 is 5.32 Å². The first-order valence-corrected chi connectivity index (χ1v) is 4.39. The Morgan fingerprint density at radius 3 is 2.69 bits per heavy atom. The van der Waals surface area contributed by atoms with Crippen LogP contribution in [0.3, 0.4) is 0 Å². The molecular formula is C9H13N3O. The molecule has 1 N–H and O–H groups in total. The molecule has 0 spiro atoms. The second-order valence-electron chi connectivity index (χ2n) is 3.51. The summed E-state index contributed by atoms with van der Waals surface area (Å²) in [7, 11) is 0. The lowest BCUT2D eigenvalue weighted by Crippen LogP contribution is -2.58. The van der Waals surface area contributed by atoms with Crippen LogP contribution in [-0.4, -0.2) is 28.7 Å². The van der Waals surface area contributed by atoms with Crippen LogP contribution >= 0.6 is 0 Å². The second-order valence-corrected chi connectivity index (χ2v) is 3.51. The van der Waals surface area contributed by atoms with Crippen molar-refractivity contribution < 1.29 is 4.74 Å². The third-order valence-corrected chi connectivity index (χ3v) is 2.17. The normalized spacial score (nSPS) is 19.5. The van der Waals surface area contributed by atoms with Gasteiger partial charge in [-0.05, 0) is 13.0 Å². The number of ether oxygens (including phenoxy) is 1. The Morgan fingerprint density at radius 2 is 2.15 bits per heavy atom. The third-order valence-electron chi connectivity index (χ3n) is 2.17. The summed E-state index contributed by atoms with van der Waals surface area (Å²) in [6.07, 6.45) is 3.46. The van der Waals surface area contributed by atoms with Gasteiger partial charge in [0.05, 0.1) is 5.60 Å². The minimum Gasteiger partial charge on any atom is -0.365 e. The van der Waals surface area contributed by atoms with Gasteiger partial charge in [-0.2, -0.15) is 0 Å². The molecule has 13 heavy (non-hydrogen) atoms. The zero-order chi connectivity index (χ0) is 9.15. The predicted octanol–water partition coefficient (Wildman–Crippen LogP) is 0.355. The first-order valence-electron chi connectivity index (χ1n) is 4.39. The smallest absolute Gasteiger partial charge is 0.153 e. The number of nitrogens with one attached hydrogen (secondary N) is 1. The second kappa shape index (κ2) is 3.40. The van der Waals surface area contributed by atoms with Gasteiger partial charge in [0, 0.05) is 25.5 Å². The fraction of sp³-hybridized carbons (Fsp3) is 0.556. The molecule has 0 saturated carbocycles. The largest absolute Gasteiger partial charge is 0.365 e. The van der Waals surface area contributed by atoms with Crippen LogP contribution in [0.5, 0.6) is 0 Å². The average Bonchev–Trinajstić information content (AvgIpc) is 2.13. The van der Waals surface area contributed by atoms with Crippen LogP contribution in [0.25, 0.3) is 0 Å². The molecule has 1 aromatic heterocycles. The quantitative estimate of drug-likeness (QED) is 0.727. The van der Waals surface area contributed by atoms with Gasteiger partial charge >= 0.3 is 0 Å². The van der Waals surface area contributed by atoms with Crippen molar-refractivity contribution in [1.29, 1.82) is 0 Å². The Balaban J connectivity index is 1.86. The minimum atomic E-state index is -0.0147. The minimum absolute atomic E-state index is 0.0147. The summed E-state index contributed by atoms with van der Waals surface area (Å²) in [6.45, 7) is 4.42. The van der Waals surface area contributed by atoms with Crippen LogP contribution in [0.2, 0.25) is 0 Å². The number of rotatable bonds is 3. The summed E-state index contributed by atoms with van der Waals surface area (Å²) in [5.41, 5.74) is -0.0147. The highest BCUT2D eigenvalue weighted by Gasteiger charge is 2.32. The van der Waals surface area contributed by atoms with Gasteiger partial charge in [-0.15, -0.1) is 0 Å². The number of hydrogen-bond donors (Lipinski definition) is 1. The van der Waals surface area contributed by atoms with Gasteiger partial charge in [-0.3, -0.25) is 0 Å². The van der Waals surface area contributed by atoms with Crippen LogP contribution in [0, 0.1) is 0 Å². The van der Waals surface area contributed by atoms with Gasteiger partial charge in [0.15, 0.2) is 5.82 Å². The number of hydrogen-bond acceptors (Lipinski definition) is 4. The van der Waals surface area contributed by atoms with Crippen LogP contribution in [0.15, 0.2) is 18.5 Å². The lowest BCUT2D eigenvalue weighted by atomic mass is 10.0. The van der Waals surface area contributed by atoms with Crippen molar-refractivity contribution in [2.45, 2.75) is 19.1 Å². The first kappa shape index (κ1) is 8.59. The molecule has 1 aromatic rings. The summed E-state index contributed by atoms with van der Waals surface area (Å²) >= 11 is 0. The van der Waals surface area contributed by atoms with Gasteiger partial charge in [-0.25, -0.2) is 9.97 Å². The van der Waals surface area contributed by atoms with E-state index < -0.39 is 0 Å². The fourth-order valence-electron chi connectivity index (χ4n) is 1.22. The van der Waals surface area contributed by atoms with Crippen LogP contribution in [0.4, 0.5) is 0 Å². The van der Waals surface area contributed by atoms with Crippen LogP contribution in [-0.2, 0) is 11.3 Å². The number of nitrogens with zero attached hydrogens (tertiary/aromatic N) is 2. The highest BCUT2D eigenvalue weighted by Crippen LogP contribution is 2.16. The molecule has 1 aliphatic heterocycles. The van der Waals surface area contributed by atoms with E-state index in [4.69, 9.17) is 4.74 Å². The van der Waals surface area contributed by atoms with Gasteiger partial charge in [0.1, 0.15) is 6.61 Å². The van der Waals surface area contributed by atoms with Gasteiger partial charge in [0.2, 0.25) is 0 Å². The van der Waals surface area contributed by atoms with Gasteiger partial charge in [-0.1, -0.05) is 0 Å². The molecule has 70 valence electrons. The van der Waals surface area contributed by atoms with Gasteiger partial charge in [0.25, 0.3) is 0 Å². The van der Waals surface area contributed by atoms with Crippen molar-refractivity contribution in [2.24, 2.45) is 0 Å². The van der Waals surface area contributed by atoms with Gasteiger partial charge < -0.3 is 10.1 Å². The summed E-state index contributed by atoms with van der Waals surface area (Å²) in [5, 5.41) is 3.17. The lowest BCUT2D eigenvalue weighted by Gasteiger charge is -2.38. The zero-order valence-electron chi connectivity index (χ0n) is 7.66. The van der Waals surface area contributed by atoms with Crippen molar-refractivity contribution in [3.05, 3.63) is 24.3 Å². The molecule has 1 fully saturated rings. The Hall–Kier alpha value is -1.00. The third kappa shape index (κ3) is 2.02. The predicted molar refractivity (Wildman–Crippen MR) is 48.1 cm³/mol. The molecule has 2 heterocycles. The van der Waals surface area contributed by atoms with E-state index in [0.29, 0.717) is 6.61 Å². The van der Waals surface area contributed by atoms with E-state index in [2.05, 4.69) is 22.2 Å². The van der Waals surface area contributed by atoms with E-state index in [1.54, 1.807) is 18.5 Å². The molecule has 1 aliphatic rings. The Morgan fingerprint density at radius 1 is 1.46 bits per heavy atom. The van der Waals surface area contributed by atoms with E-state index in [0.717, 1.165) is 18.9 Å². The molecular weight excluding hydrogens is 166 g/mol.